The van der Waals surface area contributed by atoms with Crippen molar-refractivity contribution in [2.45, 2.75) is 55.9 Å². The number of carbonyl (C=O) groups is 1. The predicted octanol–water partition coefficient (Wildman–Crippen LogP) is 4.74. The van der Waals surface area contributed by atoms with Gasteiger partial charge in [-0.15, -0.1) is 0 Å². The molecule has 5 heteroatoms. The Balaban J connectivity index is 1.35. The summed E-state index contributed by atoms with van der Waals surface area (Å²) in [5, 5.41) is 3.13. The summed E-state index contributed by atoms with van der Waals surface area (Å²) in [7, 11) is -3.21. The van der Waals surface area contributed by atoms with Crippen molar-refractivity contribution in [1.82, 2.24) is 5.32 Å². The van der Waals surface area contributed by atoms with Gasteiger partial charge in [-0.25, -0.2) is 8.42 Å². The van der Waals surface area contributed by atoms with Gasteiger partial charge < -0.3 is 5.32 Å². The van der Waals surface area contributed by atoms with Crippen LogP contribution < -0.4 is 5.32 Å². The lowest BCUT2D eigenvalue weighted by Crippen LogP contribution is -2.59. The maximum absolute atomic E-state index is 13.3. The third kappa shape index (κ3) is 3.68. The Morgan fingerprint density at radius 3 is 2.03 bits per heavy atom. The van der Waals surface area contributed by atoms with Gasteiger partial charge in [-0.1, -0.05) is 49.4 Å². The molecule has 4 aliphatic rings. The van der Waals surface area contributed by atoms with Crippen molar-refractivity contribution in [3.05, 3.63) is 65.7 Å². The molecule has 32 heavy (non-hydrogen) atoms. The number of hydrogen-bond donors (Lipinski definition) is 1. The highest BCUT2D eigenvalue weighted by Crippen LogP contribution is 2.65. The largest absolute Gasteiger partial charge is 0.352 e. The van der Waals surface area contributed by atoms with Crippen LogP contribution in [0.5, 0.6) is 0 Å². The SMILES string of the molecule is CC1C2CC3CC1CC(C2)C3(CC(=O)NCc1ccc(S(C)(=O)=O)cc1)c1ccccc1. The van der Waals surface area contributed by atoms with Gasteiger partial charge in [0.1, 0.15) is 0 Å². The zero-order valence-electron chi connectivity index (χ0n) is 19.0. The molecule has 6 rings (SSSR count). The zero-order valence-corrected chi connectivity index (χ0v) is 19.8. The molecule has 2 aromatic rings. The van der Waals surface area contributed by atoms with Gasteiger partial charge in [0, 0.05) is 24.6 Å². The second-order valence-electron chi connectivity index (χ2n) is 10.5. The molecule has 0 spiro atoms. The van der Waals surface area contributed by atoms with Gasteiger partial charge in [0.2, 0.25) is 5.91 Å². The number of amides is 1. The number of rotatable bonds is 6. The van der Waals surface area contributed by atoms with E-state index in [0.717, 1.165) is 23.3 Å². The maximum Gasteiger partial charge on any atom is 0.221 e. The second-order valence-corrected chi connectivity index (χ2v) is 12.5. The molecule has 4 saturated carbocycles. The summed E-state index contributed by atoms with van der Waals surface area (Å²) in [5.74, 6) is 3.75. The first kappa shape index (κ1) is 21.7. The van der Waals surface area contributed by atoms with Crippen LogP contribution >= 0.6 is 0 Å². The normalized spacial score (nSPS) is 33.2. The topological polar surface area (TPSA) is 63.2 Å². The summed E-state index contributed by atoms with van der Waals surface area (Å²) in [6, 6.07) is 17.6. The highest BCUT2D eigenvalue weighted by Gasteiger charge is 2.60. The van der Waals surface area contributed by atoms with Crippen LogP contribution in [-0.2, 0) is 26.6 Å². The molecule has 0 heterocycles. The van der Waals surface area contributed by atoms with Crippen LogP contribution in [0.15, 0.2) is 59.5 Å². The Bertz CT molecular complexity index is 1060. The van der Waals surface area contributed by atoms with Gasteiger partial charge in [0.15, 0.2) is 9.84 Å². The molecule has 4 aliphatic carbocycles. The van der Waals surface area contributed by atoms with E-state index in [-0.39, 0.29) is 11.3 Å². The standard InChI is InChI=1S/C27H33NO3S/c1-18-20-12-23-14-21(18)15-24(13-20)27(23,22-6-4-3-5-7-22)16-26(29)28-17-19-8-10-25(11-9-19)32(2,30)31/h3-11,18,20-21,23-24H,12-17H2,1-2H3,(H,28,29). The van der Waals surface area contributed by atoms with E-state index in [1.165, 1.54) is 37.5 Å². The van der Waals surface area contributed by atoms with Crippen LogP contribution in [0.3, 0.4) is 0 Å². The first-order valence-electron chi connectivity index (χ1n) is 11.9. The summed E-state index contributed by atoms with van der Waals surface area (Å²) in [6.45, 7) is 2.87. The van der Waals surface area contributed by atoms with E-state index in [1.807, 2.05) is 0 Å². The Morgan fingerprint density at radius 1 is 0.938 bits per heavy atom. The van der Waals surface area contributed by atoms with Gasteiger partial charge in [-0.3, -0.25) is 4.79 Å². The lowest BCUT2D eigenvalue weighted by Gasteiger charge is -2.63. The molecular formula is C27H33NO3S. The van der Waals surface area contributed by atoms with E-state index in [2.05, 4.69) is 42.6 Å². The minimum Gasteiger partial charge on any atom is -0.352 e. The quantitative estimate of drug-likeness (QED) is 0.690. The van der Waals surface area contributed by atoms with Crippen molar-refractivity contribution in [2.75, 3.05) is 6.26 Å². The van der Waals surface area contributed by atoms with Crippen molar-refractivity contribution in [2.24, 2.45) is 29.6 Å². The summed E-state index contributed by atoms with van der Waals surface area (Å²) in [5.41, 5.74) is 2.20. The molecule has 4 fully saturated rings. The molecule has 0 aromatic heterocycles. The molecule has 4 nitrogen and oxygen atoms in total. The van der Waals surface area contributed by atoms with Crippen molar-refractivity contribution in [3.63, 3.8) is 0 Å². The zero-order chi connectivity index (χ0) is 22.5. The summed E-state index contributed by atoms with van der Waals surface area (Å²) >= 11 is 0. The highest BCUT2D eigenvalue weighted by molar-refractivity contribution is 7.90. The third-order valence-corrected chi connectivity index (χ3v) is 10.0. The molecular weight excluding hydrogens is 418 g/mol. The Labute approximate surface area is 191 Å². The van der Waals surface area contributed by atoms with Crippen LogP contribution in [0, 0.1) is 29.6 Å². The fourth-order valence-corrected chi connectivity index (χ4v) is 7.89. The minimum atomic E-state index is -3.21. The number of sulfone groups is 1. The summed E-state index contributed by atoms with van der Waals surface area (Å²) < 4.78 is 23.3. The smallest absolute Gasteiger partial charge is 0.221 e. The van der Waals surface area contributed by atoms with Crippen LogP contribution in [0.25, 0.3) is 0 Å². The van der Waals surface area contributed by atoms with Gasteiger partial charge in [0.05, 0.1) is 4.90 Å². The maximum atomic E-state index is 13.3. The lowest BCUT2D eigenvalue weighted by molar-refractivity contribution is -0.133. The fourth-order valence-electron chi connectivity index (χ4n) is 7.26. The number of benzene rings is 2. The van der Waals surface area contributed by atoms with Gasteiger partial charge in [-0.2, -0.15) is 0 Å². The average molecular weight is 452 g/mol. The Kier molecular flexibility index (Phi) is 5.43. The molecule has 0 atom stereocenters. The van der Waals surface area contributed by atoms with Gasteiger partial charge in [-0.05, 0) is 78.5 Å². The monoisotopic (exact) mass is 451 g/mol. The summed E-state index contributed by atoms with van der Waals surface area (Å²) in [4.78, 5) is 13.6. The van der Waals surface area contributed by atoms with Crippen molar-refractivity contribution >= 4 is 15.7 Å². The molecule has 2 aromatic carbocycles. The lowest BCUT2D eigenvalue weighted by atomic mass is 9.41. The van der Waals surface area contributed by atoms with Gasteiger partial charge in [0.25, 0.3) is 0 Å². The van der Waals surface area contributed by atoms with Crippen molar-refractivity contribution in [3.8, 4) is 0 Å². The summed E-state index contributed by atoms with van der Waals surface area (Å²) in [6.07, 6.45) is 6.76. The minimum absolute atomic E-state index is 0.0569. The third-order valence-electron chi connectivity index (χ3n) is 8.90. The number of hydrogen-bond acceptors (Lipinski definition) is 3. The first-order valence-corrected chi connectivity index (χ1v) is 13.8. The van der Waals surface area contributed by atoms with Crippen molar-refractivity contribution in [1.29, 1.82) is 0 Å². The molecule has 0 radical (unpaired) electrons. The van der Waals surface area contributed by atoms with Gasteiger partial charge >= 0.3 is 0 Å². The fraction of sp³-hybridized carbons (Fsp3) is 0.519. The van der Waals surface area contributed by atoms with Crippen LogP contribution in [0.1, 0.15) is 50.2 Å². The van der Waals surface area contributed by atoms with Crippen LogP contribution in [0.4, 0.5) is 0 Å². The Hall–Kier alpha value is -2.14. The molecule has 170 valence electrons. The number of nitrogens with one attached hydrogen (secondary N) is 1. The van der Waals surface area contributed by atoms with E-state index in [9.17, 15) is 13.2 Å². The van der Waals surface area contributed by atoms with E-state index < -0.39 is 9.84 Å². The first-order chi connectivity index (χ1) is 15.3. The molecule has 0 aliphatic heterocycles. The molecule has 1 amide bonds. The molecule has 0 unspecified atom stereocenters. The van der Waals surface area contributed by atoms with Crippen LogP contribution in [-0.4, -0.2) is 20.6 Å². The van der Waals surface area contributed by atoms with E-state index in [0.29, 0.717) is 29.7 Å². The van der Waals surface area contributed by atoms with Crippen LogP contribution in [0.2, 0.25) is 0 Å². The second kappa shape index (κ2) is 8.02. The average Bonchev–Trinajstić information content (AvgIpc) is 2.76. The predicted molar refractivity (Wildman–Crippen MR) is 126 cm³/mol. The number of carbonyl (C=O) groups excluding carboxylic acids is 1. The Morgan fingerprint density at radius 2 is 1.50 bits per heavy atom. The molecule has 1 N–H and O–H groups in total. The van der Waals surface area contributed by atoms with E-state index in [4.69, 9.17) is 0 Å². The van der Waals surface area contributed by atoms with Crippen molar-refractivity contribution < 1.29 is 13.2 Å². The molecule has 4 bridgehead atoms. The van der Waals surface area contributed by atoms with E-state index >= 15 is 0 Å². The highest BCUT2D eigenvalue weighted by atomic mass is 32.2. The van der Waals surface area contributed by atoms with E-state index in [1.54, 1.807) is 24.3 Å². The molecule has 0 saturated heterocycles.